The van der Waals surface area contributed by atoms with Crippen LogP contribution in [-0.2, 0) is 46.2 Å². The van der Waals surface area contributed by atoms with E-state index in [9.17, 15) is 34.1 Å². The highest BCUT2D eigenvalue weighted by Crippen LogP contribution is 2.39. The van der Waals surface area contributed by atoms with E-state index >= 15 is 0 Å². The quantitative estimate of drug-likeness (QED) is 0.140. The number of aliphatic hydroxyl groups excluding tert-OH is 1. The number of alkyl carbamates (subject to hydrolysis) is 2. The Morgan fingerprint density at radius 3 is 2.14 bits per heavy atom. The predicted molar refractivity (Wildman–Crippen MR) is 233 cm³/mol. The zero-order chi connectivity index (χ0) is 46.9. The Labute approximate surface area is 372 Å². The number of likely N-dealkylation sites (N-methyl/N-ethyl adjacent to an activating group) is 1. The number of hydrogen-bond donors (Lipinski definition) is 5. The molecule has 16 heteroatoms. The maximum atomic E-state index is 14.5. The minimum absolute atomic E-state index is 0.0217. The molecule has 5 N–H and O–H groups in total. The number of rotatable bonds is 11. The summed E-state index contributed by atoms with van der Waals surface area (Å²) < 4.78 is 50.4. The summed E-state index contributed by atoms with van der Waals surface area (Å²) in [7, 11) is 3.27. The average molecular weight is 890 g/mol. The molecule has 4 rings (SSSR count). The second-order valence-corrected chi connectivity index (χ2v) is 18.4. The second kappa shape index (κ2) is 22.3. The zero-order valence-corrected chi connectivity index (χ0v) is 38.8. The molecule has 14 atom stereocenters. The molecular formula is C47H72FN3O12. The lowest BCUT2D eigenvalue weighted by Gasteiger charge is -2.47. The van der Waals surface area contributed by atoms with Crippen LogP contribution in [0.15, 0.2) is 54.6 Å². The number of amides is 2. The van der Waals surface area contributed by atoms with Crippen LogP contribution in [0.2, 0.25) is 0 Å². The Hall–Kier alpha value is -3.90. The molecule has 0 aliphatic carbocycles. The molecule has 2 fully saturated rings. The van der Waals surface area contributed by atoms with Gasteiger partial charge in [0.2, 0.25) is 0 Å². The fourth-order valence-electron chi connectivity index (χ4n) is 9.15. The summed E-state index contributed by atoms with van der Waals surface area (Å²) in [6.07, 6.45) is -8.43. The topological polar surface area (TPSA) is 195 Å². The fraction of sp³-hybridized carbons (Fsp3) is 0.681. The van der Waals surface area contributed by atoms with Crippen molar-refractivity contribution in [3.63, 3.8) is 0 Å². The number of carbonyl (C=O) groups excluding carboxylic acids is 3. The third-order valence-electron chi connectivity index (χ3n) is 13.0. The smallest absolute Gasteiger partial charge is 0.407 e. The SMILES string of the molecule is CC[C@H]1OC(=O)[C@H](C)[C@@H](O[C@H]2C[C@@](C)(OC)[C@@H](O)[C@H](C)O2)[C@H](C)[C@@H](OC(=O)NCCc2ccccc2)[C@](C)(O)C[C@@H](C)CN(C)[C@H](C)[C@@H](OC(=O)NCc2ccc(F)cc2)[C@]1(C)O. The molecule has 2 aliphatic rings. The Balaban J connectivity index is 1.73. The molecule has 354 valence electrons. The molecule has 2 aromatic carbocycles. The van der Waals surface area contributed by atoms with Gasteiger partial charge >= 0.3 is 18.2 Å². The molecule has 2 heterocycles. The van der Waals surface area contributed by atoms with Gasteiger partial charge in [-0.05, 0) is 97.0 Å². The first-order valence-corrected chi connectivity index (χ1v) is 22.1. The highest BCUT2D eigenvalue weighted by molar-refractivity contribution is 5.73. The Morgan fingerprint density at radius 1 is 0.905 bits per heavy atom. The number of ether oxygens (including phenoxy) is 6. The number of esters is 1. The van der Waals surface area contributed by atoms with E-state index in [1.165, 1.54) is 38.3 Å². The highest BCUT2D eigenvalue weighted by atomic mass is 19.1. The maximum absolute atomic E-state index is 14.5. The highest BCUT2D eigenvalue weighted by Gasteiger charge is 2.52. The molecule has 2 amide bonds. The molecule has 0 spiro atoms. The van der Waals surface area contributed by atoms with Crippen LogP contribution in [0.25, 0.3) is 0 Å². The lowest BCUT2D eigenvalue weighted by atomic mass is 9.78. The molecule has 2 aliphatic heterocycles. The van der Waals surface area contributed by atoms with Gasteiger partial charge in [-0.1, -0.05) is 63.2 Å². The van der Waals surface area contributed by atoms with Crippen molar-refractivity contribution in [2.75, 3.05) is 27.2 Å². The summed E-state index contributed by atoms with van der Waals surface area (Å²) in [6.45, 7) is 15.8. The van der Waals surface area contributed by atoms with Gasteiger partial charge in [-0.2, -0.15) is 0 Å². The zero-order valence-electron chi connectivity index (χ0n) is 38.8. The fourth-order valence-corrected chi connectivity index (χ4v) is 9.15. The number of nitrogens with zero attached hydrogens (tertiary/aromatic N) is 1. The summed E-state index contributed by atoms with van der Waals surface area (Å²) in [5.41, 5.74) is -3.12. The van der Waals surface area contributed by atoms with Crippen LogP contribution < -0.4 is 10.6 Å². The van der Waals surface area contributed by atoms with Crippen LogP contribution in [0.4, 0.5) is 14.0 Å². The number of cyclic esters (lactones) is 1. The number of benzene rings is 2. The molecular weight excluding hydrogens is 818 g/mol. The van der Waals surface area contributed by atoms with Crippen LogP contribution in [0.1, 0.15) is 92.7 Å². The Morgan fingerprint density at radius 2 is 1.52 bits per heavy atom. The summed E-state index contributed by atoms with van der Waals surface area (Å²) in [5.74, 6) is -3.51. The number of methoxy groups -OCH3 is 1. The molecule has 0 bridgehead atoms. The van der Waals surface area contributed by atoms with E-state index < -0.39 is 102 Å². The number of aliphatic hydroxyl groups is 3. The monoisotopic (exact) mass is 890 g/mol. The minimum Gasteiger partial charge on any atom is -0.459 e. The molecule has 63 heavy (non-hydrogen) atoms. The summed E-state index contributed by atoms with van der Waals surface area (Å²) in [4.78, 5) is 43.5. The molecule has 2 aromatic rings. The normalized spacial score (nSPS) is 36.2. The van der Waals surface area contributed by atoms with Crippen molar-refractivity contribution in [2.24, 2.45) is 17.8 Å². The standard InChI is InChI=1S/C47H72FN3O12/c1-12-36-47(9,57)41(63-44(55)50-26-34-18-20-35(48)21-19-34)31(5)51(10)27-28(2)24-45(7,56)40(62-43(54)49-23-22-33-16-14-13-15-17-33)29(3)38(30(4)42(53)60-36)61-37-25-46(8,58-11)39(52)32(6)59-37/h13-21,28-32,36-41,52,56-57H,12,22-27H2,1-11H3,(H,49,54)(H,50,55)/t28-,29+,30-,31-,32+,36-,37+,38+,39+,40-,41-,45-,46-,47-/m1/s1. The lowest BCUT2D eigenvalue weighted by molar-refractivity contribution is -0.299. The van der Waals surface area contributed by atoms with Crippen molar-refractivity contribution < 1.29 is 62.5 Å². The van der Waals surface area contributed by atoms with E-state index in [1.807, 2.05) is 42.2 Å². The molecule has 15 nitrogen and oxygen atoms in total. The molecule has 0 unspecified atom stereocenters. The number of hydrogen-bond acceptors (Lipinski definition) is 13. The Kier molecular flexibility index (Phi) is 18.3. The van der Waals surface area contributed by atoms with Crippen molar-refractivity contribution in [3.8, 4) is 0 Å². The van der Waals surface area contributed by atoms with Gasteiger partial charge in [0.1, 0.15) is 29.7 Å². The number of nitrogens with one attached hydrogen (secondary N) is 2. The van der Waals surface area contributed by atoms with Gasteiger partial charge in [0, 0.05) is 45.1 Å². The second-order valence-electron chi connectivity index (χ2n) is 18.4. The van der Waals surface area contributed by atoms with Gasteiger partial charge in [-0.15, -0.1) is 0 Å². The molecule has 0 radical (unpaired) electrons. The van der Waals surface area contributed by atoms with Gasteiger partial charge in [-0.25, -0.2) is 14.0 Å². The van der Waals surface area contributed by atoms with Crippen LogP contribution >= 0.6 is 0 Å². The third-order valence-corrected chi connectivity index (χ3v) is 13.0. The van der Waals surface area contributed by atoms with E-state index in [0.717, 1.165) is 5.56 Å². The predicted octanol–water partition coefficient (Wildman–Crippen LogP) is 5.50. The van der Waals surface area contributed by atoms with Crippen LogP contribution in [0.5, 0.6) is 0 Å². The van der Waals surface area contributed by atoms with Gasteiger partial charge in [0.15, 0.2) is 12.4 Å². The first-order chi connectivity index (χ1) is 29.5. The van der Waals surface area contributed by atoms with Crippen molar-refractivity contribution >= 4 is 18.2 Å². The summed E-state index contributed by atoms with van der Waals surface area (Å²) >= 11 is 0. The van der Waals surface area contributed by atoms with Crippen molar-refractivity contribution in [3.05, 3.63) is 71.5 Å². The summed E-state index contributed by atoms with van der Waals surface area (Å²) in [5, 5.41) is 41.4. The van der Waals surface area contributed by atoms with E-state index in [1.54, 1.807) is 55.5 Å². The first-order valence-electron chi connectivity index (χ1n) is 22.1. The van der Waals surface area contributed by atoms with Gasteiger partial charge in [0.05, 0.1) is 29.3 Å². The van der Waals surface area contributed by atoms with Crippen LogP contribution in [0, 0.1) is 23.6 Å². The van der Waals surface area contributed by atoms with Crippen LogP contribution in [-0.4, -0.2) is 131 Å². The molecule has 2 saturated heterocycles. The third kappa shape index (κ3) is 13.6. The van der Waals surface area contributed by atoms with Crippen molar-refractivity contribution in [2.45, 2.75) is 160 Å². The van der Waals surface area contributed by atoms with Gasteiger partial charge in [-0.3, -0.25) is 9.69 Å². The minimum atomic E-state index is -1.95. The number of halogens is 1. The maximum Gasteiger partial charge on any atom is 0.407 e. The summed E-state index contributed by atoms with van der Waals surface area (Å²) in [6, 6.07) is 14.6. The van der Waals surface area contributed by atoms with E-state index in [4.69, 9.17) is 28.4 Å². The van der Waals surface area contributed by atoms with E-state index in [2.05, 4.69) is 10.6 Å². The van der Waals surface area contributed by atoms with E-state index in [-0.39, 0.29) is 38.3 Å². The van der Waals surface area contributed by atoms with Crippen LogP contribution in [0.3, 0.4) is 0 Å². The Bertz CT molecular complexity index is 1770. The molecule has 0 aromatic heterocycles. The van der Waals surface area contributed by atoms with Crippen molar-refractivity contribution in [1.82, 2.24) is 15.5 Å². The van der Waals surface area contributed by atoms with E-state index in [0.29, 0.717) is 18.5 Å². The average Bonchev–Trinajstić information content (AvgIpc) is 3.23. The number of carbonyl (C=O) groups is 3. The largest absolute Gasteiger partial charge is 0.459 e. The van der Waals surface area contributed by atoms with Gasteiger partial charge in [0.25, 0.3) is 0 Å². The lowest BCUT2D eigenvalue weighted by Crippen LogP contribution is -2.61. The first kappa shape index (κ1) is 51.7. The van der Waals surface area contributed by atoms with Crippen molar-refractivity contribution in [1.29, 1.82) is 0 Å². The van der Waals surface area contributed by atoms with Gasteiger partial charge < -0.3 is 54.4 Å². The molecule has 0 saturated carbocycles.